The number of halogens is 1. The molecule has 3 rings (SSSR count). The van der Waals surface area contributed by atoms with E-state index in [-0.39, 0.29) is 0 Å². The van der Waals surface area contributed by atoms with Crippen molar-refractivity contribution in [3.8, 4) is 0 Å². The van der Waals surface area contributed by atoms with Gasteiger partial charge in [0.2, 0.25) is 0 Å². The molecule has 0 bridgehead atoms. The van der Waals surface area contributed by atoms with E-state index in [2.05, 4.69) is 38.0 Å². The maximum atomic E-state index is 5.72. The lowest BCUT2D eigenvalue weighted by Gasteiger charge is -2.04. The lowest BCUT2D eigenvalue weighted by molar-refractivity contribution is 0.878. The minimum atomic E-state index is 0.632. The molecule has 0 aliphatic heterocycles. The fourth-order valence-electron chi connectivity index (χ4n) is 1.89. The Kier molecular flexibility index (Phi) is 3.93. The highest BCUT2D eigenvalue weighted by Gasteiger charge is 2.14. The highest BCUT2D eigenvalue weighted by Crippen LogP contribution is 2.35. The summed E-state index contributed by atoms with van der Waals surface area (Å²) in [6.45, 7) is 0.632. The Hall–Kier alpha value is -0.820. The zero-order valence-electron chi connectivity index (χ0n) is 10.0. The van der Waals surface area contributed by atoms with Crippen molar-refractivity contribution in [1.29, 1.82) is 0 Å². The standard InChI is InChI=1S/C13H12BrN3S2/c14-9-3-1-2-4-11(9)19-12-10(5-6-15)17-7-8-18-13(17)16-12/h1-4,7-8H,5-6,15H2. The van der Waals surface area contributed by atoms with E-state index in [1.54, 1.807) is 23.1 Å². The van der Waals surface area contributed by atoms with Crippen LogP contribution >= 0.6 is 39.0 Å². The van der Waals surface area contributed by atoms with Gasteiger partial charge >= 0.3 is 0 Å². The second-order valence-electron chi connectivity index (χ2n) is 3.99. The largest absolute Gasteiger partial charge is 0.330 e. The number of benzene rings is 1. The predicted molar refractivity (Wildman–Crippen MR) is 84.1 cm³/mol. The van der Waals surface area contributed by atoms with Crippen LogP contribution in [-0.4, -0.2) is 15.9 Å². The van der Waals surface area contributed by atoms with Gasteiger partial charge in [-0.25, -0.2) is 4.98 Å². The summed E-state index contributed by atoms with van der Waals surface area (Å²) >= 11 is 6.91. The van der Waals surface area contributed by atoms with Crippen LogP contribution in [0.2, 0.25) is 0 Å². The van der Waals surface area contributed by atoms with E-state index >= 15 is 0 Å². The summed E-state index contributed by atoms with van der Waals surface area (Å²) < 4.78 is 3.23. The highest BCUT2D eigenvalue weighted by atomic mass is 79.9. The number of rotatable bonds is 4. The van der Waals surface area contributed by atoms with Gasteiger partial charge in [-0.1, -0.05) is 23.9 Å². The van der Waals surface area contributed by atoms with Crippen LogP contribution in [0, 0.1) is 0 Å². The fourth-order valence-corrected chi connectivity index (χ4v) is 4.18. The van der Waals surface area contributed by atoms with Crippen molar-refractivity contribution in [3.63, 3.8) is 0 Å². The highest BCUT2D eigenvalue weighted by molar-refractivity contribution is 9.10. The molecule has 19 heavy (non-hydrogen) atoms. The second kappa shape index (κ2) is 5.66. The quantitative estimate of drug-likeness (QED) is 0.775. The SMILES string of the molecule is NCCc1c(Sc2ccccc2Br)nc2sccn12. The summed E-state index contributed by atoms with van der Waals surface area (Å²) in [5.41, 5.74) is 6.91. The molecule has 1 aromatic carbocycles. The fraction of sp³-hybridized carbons (Fsp3) is 0.154. The molecule has 0 spiro atoms. The van der Waals surface area contributed by atoms with E-state index in [1.807, 2.05) is 18.2 Å². The molecule has 0 saturated carbocycles. The molecule has 3 aromatic rings. The molecule has 6 heteroatoms. The third kappa shape index (κ3) is 2.58. The number of nitrogens with two attached hydrogens (primary N) is 1. The molecular formula is C13H12BrN3S2. The average Bonchev–Trinajstić information content (AvgIpc) is 2.96. The van der Waals surface area contributed by atoms with Crippen LogP contribution in [-0.2, 0) is 6.42 Å². The Morgan fingerprint density at radius 3 is 3.00 bits per heavy atom. The van der Waals surface area contributed by atoms with E-state index < -0.39 is 0 Å². The number of hydrogen-bond donors (Lipinski definition) is 1. The first-order valence-electron chi connectivity index (χ1n) is 5.86. The van der Waals surface area contributed by atoms with Gasteiger partial charge in [-0.2, -0.15) is 0 Å². The van der Waals surface area contributed by atoms with Gasteiger partial charge in [-0.15, -0.1) is 11.3 Å². The third-order valence-corrected chi connectivity index (χ3v) is 5.56. The number of fused-ring (bicyclic) bond motifs is 1. The number of nitrogens with zero attached hydrogens (tertiary/aromatic N) is 2. The summed E-state index contributed by atoms with van der Waals surface area (Å²) in [5, 5.41) is 3.10. The molecule has 0 saturated heterocycles. The van der Waals surface area contributed by atoms with Crippen molar-refractivity contribution in [2.75, 3.05) is 6.54 Å². The van der Waals surface area contributed by atoms with Crippen LogP contribution in [0.15, 0.2) is 50.2 Å². The summed E-state index contributed by atoms with van der Waals surface area (Å²) in [5.74, 6) is 0. The van der Waals surface area contributed by atoms with Crippen molar-refractivity contribution >= 4 is 44.0 Å². The van der Waals surface area contributed by atoms with Gasteiger partial charge in [0.1, 0.15) is 5.03 Å². The molecule has 0 aliphatic rings. The van der Waals surface area contributed by atoms with Gasteiger partial charge < -0.3 is 5.73 Å². The first kappa shape index (κ1) is 13.2. The maximum absolute atomic E-state index is 5.72. The molecule has 2 aromatic heterocycles. The number of aromatic nitrogens is 2. The van der Waals surface area contributed by atoms with Gasteiger partial charge in [0.15, 0.2) is 4.96 Å². The molecule has 2 N–H and O–H groups in total. The van der Waals surface area contributed by atoms with Crippen molar-refractivity contribution in [2.45, 2.75) is 16.3 Å². The normalized spacial score (nSPS) is 11.3. The summed E-state index contributed by atoms with van der Waals surface area (Å²) in [4.78, 5) is 6.89. The van der Waals surface area contributed by atoms with Crippen LogP contribution in [0.5, 0.6) is 0 Å². The molecule has 0 atom stereocenters. The molecule has 0 fully saturated rings. The molecule has 98 valence electrons. The Balaban J connectivity index is 2.02. The van der Waals surface area contributed by atoms with Gasteiger partial charge in [0, 0.05) is 27.4 Å². The van der Waals surface area contributed by atoms with Gasteiger partial charge in [-0.05, 0) is 34.6 Å². The number of hydrogen-bond acceptors (Lipinski definition) is 4. The minimum Gasteiger partial charge on any atom is -0.330 e. The molecule has 0 aliphatic carbocycles. The van der Waals surface area contributed by atoms with Crippen molar-refractivity contribution in [1.82, 2.24) is 9.38 Å². The molecule has 0 radical (unpaired) electrons. The Morgan fingerprint density at radius 2 is 2.21 bits per heavy atom. The van der Waals surface area contributed by atoms with E-state index in [0.29, 0.717) is 6.54 Å². The van der Waals surface area contributed by atoms with E-state index in [1.165, 1.54) is 10.6 Å². The van der Waals surface area contributed by atoms with Crippen LogP contribution in [0.25, 0.3) is 4.96 Å². The number of thiazole rings is 1. The number of imidazole rings is 1. The summed E-state index contributed by atoms with van der Waals surface area (Å²) in [7, 11) is 0. The van der Waals surface area contributed by atoms with Gasteiger partial charge in [-0.3, -0.25) is 4.40 Å². The van der Waals surface area contributed by atoms with Gasteiger partial charge in [0.05, 0.1) is 5.69 Å². The minimum absolute atomic E-state index is 0.632. The summed E-state index contributed by atoms with van der Waals surface area (Å²) in [6.07, 6.45) is 2.90. The van der Waals surface area contributed by atoms with E-state index in [0.717, 1.165) is 20.9 Å². The maximum Gasteiger partial charge on any atom is 0.194 e. The van der Waals surface area contributed by atoms with Crippen LogP contribution in [0.1, 0.15) is 5.69 Å². The first-order chi connectivity index (χ1) is 9.29. The van der Waals surface area contributed by atoms with E-state index in [4.69, 9.17) is 10.7 Å². The van der Waals surface area contributed by atoms with Crippen LogP contribution < -0.4 is 5.73 Å². The topological polar surface area (TPSA) is 43.3 Å². The predicted octanol–water partition coefficient (Wildman–Crippen LogP) is 3.81. The average molecular weight is 354 g/mol. The molecule has 3 nitrogen and oxygen atoms in total. The smallest absolute Gasteiger partial charge is 0.194 e. The van der Waals surface area contributed by atoms with Gasteiger partial charge in [0.25, 0.3) is 0 Å². The molecule has 2 heterocycles. The first-order valence-corrected chi connectivity index (χ1v) is 8.35. The Labute approximate surface area is 128 Å². The Morgan fingerprint density at radius 1 is 1.37 bits per heavy atom. The zero-order valence-corrected chi connectivity index (χ0v) is 13.3. The lowest BCUT2D eigenvalue weighted by atomic mass is 10.3. The van der Waals surface area contributed by atoms with Crippen molar-refractivity contribution in [3.05, 3.63) is 46.0 Å². The molecular weight excluding hydrogens is 342 g/mol. The van der Waals surface area contributed by atoms with Crippen molar-refractivity contribution < 1.29 is 0 Å². The van der Waals surface area contributed by atoms with Crippen LogP contribution in [0.4, 0.5) is 0 Å². The van der Waals surface area contributed by atoms with Crippen LogP contribution in [0.3, 0.4) is 0 Å². The molecule has 0 unspecified atom stereocenters. The monoisotopic (exact) mass is 353 g/mol. The Bertz CT molecular complexity index is 705. The van der Waals surface area contributed by atoms with E-state index in [9.17, 15) is 0 Å². The molecule has 0 amide bonds. The van der Waals surface area contributed by atoms with Crippen molar-refractivity contribution in [2.24, 2.45) is 5.73 Å². The summed E-state index contributed by atoms with van der Waals surface area (Å²) in [6, 6.07) is 8.19. The zero-order chi connectivity index (χ0) is 13.2. The second-order valence-corrected chi connectivity index (χ2v) is 6.75. The lowest BCUT2D eigenvalue weighted by Crippen LogP contribution is -2.05. The third-order valence-electron chi connectivity index (χ3n) is 2.75.